The quantitative estimate of drug-likeness (QED) is 0.650. The summed E-state index contributed by atoms with van der Waals surface area (Å²) in [6.07, 6.45) is 3.73. The first-order chi connectivity index (χ1) is 9.84. The maximum absolute atomic E-state index is 13.2. The lowest BCUT2D eigenvalue weighted by molar-refractivity contribution is 0.138. The summed E-state index contributed by atoms with van der Waals surface area (Å²) in [6, 6.07) is 7.05. The molecule has 1 aliphatic carbocycles. The number of nitrogens with two attached hydrogens (primary N) is 1. The molecule has 0 spiro atoms. The van der Waals surface area contributed by atoms with Crippen LogP contribution >= 0.6 is 0 Å². The fraction of sp³-hybridized carbons (Fsp3) is 0.667. The normalized spacial score (nSPS) is 28.4. The Morgan fingerprint density at radius 1 is 1.10 bits per heavy atom. The second-order valence-corrected chi connectivity index (χ2v) is 7.55. The standard InChI is InChI=1S/C18H29FN2/c1-12-9-13(2)11-14(10-12)17(21-20)18(3,4)15-5-7-16(19)8-6-15/h5-8,12-14,17,21H,9-11,20H2,1-4H3. The van der Waals surface area contributed by atoms with Gasteiger partial charge in [0.1, 0.15) is 5.82 Å². The summed E-state index contributed by atoms with van der Waals surface area (Å²) in [5, 5.41) is 0. The smallest absolute Gasteiger partial charge is 0.123 e. The van der Waals surface area contributed by atoms with Gasteiger partial charge in [0, 0.05) is 11.5 Å². The molecule has 21 heavy (non-hydrogen) atoms. The summed E-state index contributed by atoms with van der Waals surface area (Å²) in [6.45, 7) is 9.08. The van der Waals surface area contributed by atoms with Crippen LogP contribution in [0.15, 0.2) is 24.3 Å². The molecule has 3 atom stereocenters. The molecule has 0 aromatic heterocycles. The lowest BCUT2D eigenvalue weighted by Gasteiger charge is -2.44. The van der Waals surface area contributed by atoms with Crippen molar-refractivity contribution in [2.75, 3.05) is 0 Å². The van der Waals surface area contributed by atoms with Gasteiger partial charge in [0.2, 0.25) is 0 Å². The summed E-state index contributed by atoms with van der Waals surface area (Å²) in [4.78, 5) is 0. The van der Waals surface area contributed by atoms with Gasteiger partial charge >= 0.3 is 0 Å². The lowest BCUT2D eigenvalue weighted by Crippen LogP contribution is -2.54. The molecule has 1 aromatic rings. The predicted octanol–water partition coefficient (Wildman–Crippen LogP) is 4.01. The zero-order valence-corrected chi connectivity index (χ0v) is 13.7. The van der Waals surface area contributed by atoms with Crippen LogP contribution in [0.25, 0.3) is 0 Å². The van der Waals surface area contributed by atoms with E-state index in [9.17, 15) is 4.39 Å². The Bertz CT molecular complexity index is 445. The van der Waals surface area contributed by atoms with Gasteiger partial charge in [-0.05, 0) is 54.7 Å². The molecule has 2 rings (SSSR count). The first-order valence-corrected chi connectivity index (χ1v) is 8.06. The monoisotopic (exact) mass is 292 g/mol. The topological polar surface area (TPSA) is 38.0 Å². The van der Waals surface area contributed by atoms with Gasteiger partial charge in [0.15, 0.2) is 0 Å². The third kappa shape index (κ3) is 3.64. The van der Waals surface area contributed by atoms with E-state index in [0.717, 1.165) is 17.4 Å². The Morgan fingerprint density at radius 2 is 1.62 bits per heavy atom. The minimum atomic E-state index is -0.188. The van der Waals surface area contributed by atoms with Crippen molar-refractivity contribution >= 4 is 0 Å². The Morgan fingerprint density at radius 3 is 2.10 bits per heavy atom. The zero-order chi connectivity index (χ0) is 15.6. The largest absolute Gasteiger partial charge is 0.271 e. The molecule has 0 amide bonds. The third-order valence-corrected chi connectivity index (χ3v) is 5.23. The van der Waals surface area contributed by atoms with Crippen molar-refractivity contribution in [1.29, 1.82) is 0 Å². The summed E-state index contributed by atoms with van der Waals surface area (Å²) in [7, 11) is 0. The van der Waals surface area contributed by atoms with Gasteiger partial charge in [-0.2, -0.15) is 0 Å². The van der Waals surface area contributed by atoms with Crippen LogP contribution in [-0.4, -0.2) is 6.04 Å². The van der Waals surface area contributed by atoms with Crippen LogP contribution in [0.2, 0.25) is 0 Å². The average Bonchev–Trinajstić information content (AvgIpc) is 2.38. The van der Waals surface area contributed by atoms with Crippen molar-refractivity contribution in [2.24, 2.45) is 23.6 Å². The number of halogens is 1. The molecule has 118 valence electrons. The summed E-state index contributed by atoms with van der Waals surface area (Å²) in [5.74, 6) is 7.80. The molecular formula is C18H29FN2. The van der Waals surface area contributed by atoms with Gasteiger partial charge in [0.05, 0.1) is 0 Å². The average molecular weight is 292 g/mol. The van der Waals surface area contributed by atoms with E-state index in [1.807, 2.05) is 12.1 Å². The summed E-state index contributed by atoms with van der Waals surface area (Å²) in [5.41, 5.74) is 4.09. The number of nitrogens with one attached hydrogen (secondary N) is 1. The van der Waals surface area contributed by atoms with Crippen LogP contribution in [0.1, 0.15) is 52.5 Å². The SMILES string of the molecule is CC1CC(C)CC(C(NN)C(C)(C)c2ccc(F)cc2)C1. The Labute approximate surface area is 128 Å². The van der Waals surface area contributed by atoms with Crippen LogP contribution in [0, 0.1) is 23.6 Å². The van der Waals surface area contributed by atoms with Gasteiger partial charge in [-0.3, -0.25) is 11.3 Å². The third-order valence-electron chi connectivity index (χ3n) is 5.23. The van der Waals surface area contributed by atoms with Crippen LogP contribution in [-0.2, 0) is 5.41 Å². The lowest BCUT2D eigenvalue weighted by atomic mass is 9.65. The molecule has 0 bridgehead atoms. The van der Waals surface area contributed by atoms with Crippen molar-refractivity contribution < 1.29 is 4.39 Å². The molecule has 1 aromatic carbocycles. The first kappa shape index (κ1) is 16.4. The number of benzene rings is 1. The van der Waals surface area contributed by atoms with Crippen molar-refractivity contribution in [1.82, 2.24) is 5.43 Å². The van der Waals surface area contributed by atoms with Crippen molar-refractivity contribution in [3.63, 3.8) is 0 Å². The number of hydrogen-bond donors (Lipinski definition) is 2. The molecule has 3 heteroatoms. The van der Waals surface area contributed by atoms with E-state index in [1.54, 1.807) is 0 Å². The Hall–Kier alpha value is -0.930. The van der Waals surface area contributed by atoms with Gasteiger partial charge in [-0.1, -0.05) is 39.8 Å². The second-order valence-electron chi connectivity index (χ2n) is 7.55. The van der Waals surface area contributed by atoms with E-state index in [2.05, 4.69) is 33.1 Å². The van der Waals surface area contributed by atoms with Crippen molar-refractivity contribution in [3.8, 4) is 0 Å². The van der Waals surface area contributed by atoms with E-state index >= 15 is 0 Å². The maximum Gasteiger partial charge on any atom is 0.123 e. The summed E-state index contributed by atoms with van der Waals surface area (Å²) >= 11 is 0. The molecule has 2 nitrogen and oxygen atoms in total. The minimum Gasteiger partial charge on any atom is -0.271 e. The number of hydrazine groups is 1. The highest BCUT2D eigenvalue weighted by atomic mass is 19.1. The summed E-state index contributed by atoms with van der Waals surface area (Å²) < 4.78 is 13.2. The van der Waals surface area contributed by atoms with Crippen LogP contribution in [0.3, 0.4) is 0 Å². The Kier molecular flexibility index (Phi) is 5.05. The highest BCUT2D eigenvalue weighted by Gasteiger charge is 2.39. The first-order valence-electron chi connectivity index (χ1n) is 8.06. The highest BCUT2D eigenvalue weighted by molar-refractivity contribution is 5.27. The van der Waals surface area contributed by atoms with Gasteiger partial charge in [-0.15, -0.1) is 0 Å². The van der Waals surface area contributed by atoms with Gasteiger partial charge in [0.25, 0.3) is 0 Å². The fourth-order valence-corrected chi connectivity index (χ4v) is 4.27. The molecule has 0 saturated heterocycles. The molecule has 1 aliphatic rings. The molecule has 0 heterocycles. The molecular weight excluding hydrogens is 263 g/mol. The van der Waals surface area contributed by atoms with Crippen molar-refractivity contribution in [2.45, 2.75) is 58.4 Å². The van der Waals surface area contributed by atoms with E-state index in [1.165, 1.54) is 31.4 Å². The van der Waals surface area contributed by atoms with E-state index in [0.29, 0.717) is 5.92 Å². The van der Waals surface area contributed by atoms with Crippen molar-refractivity contribution in [3.05, 3.63) is 35.6 Å². The molecule has 0 radical (unpaired) electrons. The highest BCUT2D eigenvalue weighted by Crippen LogP contribution is 2.40. The Balaban J connectivity index is 2.24. The molecule has 3 unspecified atom stereocenters. The molecule has 3 N–H and O–H groups in total. The zero-order valence-electron chi connectivity index (χ0n) is 13.7. The number of rotatable bonds is 4. The van der Waals surface area contributed by atoms with Gasteiger partial charge < -0.3 is 0 Å². The predicted molar refractivity (Wildman–Crippen MR) is 86.2 cm³/mol. The molecule has 1 saturated carbocycles. The van der Waals surface area contributed by atoms with E-state index in [4.69, 9.17) is 5.84 Å². The van der Waals surface area contributed by atoms with Crippen LogP contribution in [0.5, 0.6) is 0 Å². The molecule has 0 aliphatic heterocycles. The molecule has 1 fully saturated rings. The number of hydrogen-bond acceptors (Lipinski definition) is 2. The maximum atomic E-state index is 13.2. The fourth-order valence-electron chi connectivity index (χ4n) is 4.27. The van der Waals surface area contributed by atoms with E-state index in [-0.39, 0.29) is 17.3 Å². The van der Waals surface area contributed by atoms with Crippen LogP contribution in [0.4, 0.5) is 4.39 Å². The minimum absolute atomic E-state index is 0.121. The van der Waals surface area contributed by atoms with Crippen LogP contribution < -0.4 is 11.3 Å². The van der Waals surface area contributed by atoms with E-state index < -0.39 is 0 Å². The van der Waals surface area contributed by atoms with Gasteiger partial charge in [-0.25, -0.2) is 4.39 Å². The second kappa shape index (κ2) is 6.45.